The van der Waals surface area contributed by atoms with E-state index in [2.05, 4.69) is 10.0 Å². The van der Waals surface area contributed by atoms with Gasteiger partial charge in [-0.2, -0.15) is 0 Å². The lowest BCUT2D eigenvalue weighted by Crippen LogP contribution is -2.42. The zero-order valence-electron chi connectivity index (χ0n) is 14.4. The van der Waals surface area contributed by atoms with E-state index in [-0.39, 0.29) is 18.2 Å². The first-order valence-electron chi connectivity index (χ1n) is 8.45. The molecule has 0 saturated carbocycles. The molecule has 1 aliphatic heterocycles. The van der Waals surface area contributed by atoms with E-state index in [0.717, 1.165) is 38.0 Å². The Morgan fingerprint density at radius 3 is 2.62 bits per heavy atom. The highest BCUT2D eigenvalue weighted by Gasteiger charge is 2.23. The molecule has 0 bridgehead atoms. The minimum atomic E-state index is -3.20. The second-order valence-electron chi connectivity index (χ2n) is 6.24. The lowest BCUT2D eigenvalue weighted by Gasteiger charge is -2.32. The van der Waals surface area contributed by atoms with Gasteiger partial charge in [-0.05, 0) is 57.0 Å². The first kappa shape index (κ1) is 18.9. The summed E-state index contributed by atoms with van der Waals surface area (Å²) in [5, 5.41) is 3.18. The fourth-order valence-electron chi connectivity index (χ4n) is 2.95. The van der Waals surface area contributed by atoms with Crippen LogP contribution in [0.3, 0.4) is 0 Å². The maximum Gasteiger partial charge on any atom is 0.253 e. The van der Waals surface area contributed by atoms with Crippen molar-refractivity contribution in [2.75, 3.05) is 32.4 Å². The molecule has 0 aromatic heterocycles. The Morgan fingerprint density at radius 2 is 2.00 bits per heavy atom. The Balaban J connectivity index is 1.95. The van der Waals surface area contributed by atoms with E-state index >= 15 is 0 Å². The molecule has 1 saturated heterocycles. The lowest BCUT2D eigenvalue weighted by atomic mass is 9.97. The Bertz CT molecular complexity index is 642. The number of hydrogen-bond acceptors (Lipinski definition) is 4. The second kappa shape index (κ2) is 8.60. The largest absolute Gasteiger partial charge is 0.338 e. The van der Waals surface area contributed by atoms with Crippen LogP contribution in [0.25, 0.3) is 0 Å². The van der Waals surface area contributed by atoms with E-state index in [9.17, 15) is 13.2 Å². The van der Waals surface area contributed by atoms with Crippen LogP contribution in [-0.2, 0) is 16.6 Å². The standard InChI is InChI=1S/C17H27N3O3S/c1-3-24(22,23)19-12-14-6-8-16(9-7-14)17(21)20-10-4-5-15(13-20)11-18-2/h6-9,15,18-19H,3-5,10-13H2,1-2H3. The first-order valence-corrected chi connectivity index (χ1v) is 10.1. The van der Waals surface area contributed by atoms with Crippen molar-refractivity contribution in [1.82, 2.24) is 14.9 Å². The summed E-state index contributed by atoms with van der Waals surface area (Å²) in [6.45, 7) is 4.37. The molecule has 7 heteroatoms. The maximum atomic E-state index is 12.6. The van der Waals surface area contributed by atoms with Crippen LogP contribution in [0.5, 0.6) is 0 Å². The van der Waals surface area contributed by atoms with Gasteiger partial charge >= 0.3 is 0 Å². The van der Waals surface area contributed by atoms with Crippen molar-refractivity contribution in [1.29, 1.82) is 0 Å². The van der Waals surface area contributed by atoms with E-state index in [1.807, 2.05) is 11.9 Å². The zero-order chi connectivity index (χ0) is 17.6. The molecule has 134 valence electrons. The Hall–Kier alpha value is -1.44. The average Bonchev–Trinajstić information content (AvgIpc) is 2.60. The Labute approximate surface area is 144 Å². The van der Waals surface area contributed by atoms with Crippen molar-refractivity contribution in [3.8, 4) is 0 Å². The number of hydrogen-bond donors (Lipinski definition) is 2. The number of piperidine rings is 1. The maximum absolute atomic E-state index is 12.6. The molecule has 0 aliphatic carbocycles. The summed E-state index contributed by atoms with van der Waals surface area (Å²) in [4.78, 5) is 14.5. The summed E-state index contributed by atoms with van der Waals surface area (Å²) in [6.07, 6.45) is 2.19. The molecule has 6 nitrogen and oxygen atoms in total. The molecule has 2 N–H and O–H groups in total. The number of likely N-dealkylation sites (tertiary alicyclic amines) is 1. The summed E-state index contributed by atoms with van der Waals surface area (Å²) in [5.74, 6) is 0.624. The van der Waals surface area contributed by atoms with Gasteiger partial charge in [0.1, 0.15) is 0 Å². The van der Waals surface area contributed by atoms with Gasteiger partial charge in [0.2, 0.25) is 10.0 Å². The normalized spacial score (nSPS) is 18.6. The second-order valence-corrected chi connectivity index (χ2v) is 8.33. The van der Waals surface area contributed by atoms with Crippen molar-refractivity contribution < 1.29 is 13.2 Å². The molecule has 1 aromatic carbocycles. The van der Waals surface area contributed by atoms with Crippen molar-refractivity contribution >= 4 is 15.9 Å². The summed E-state index contributed by atoms with van der Waals surface area (Å²) in [6, 6.07) is 7.17. The van der Waals surface area contributed by atoms with Gasteiger partial charge in [-0.3, -0.25) is 4.79 Å². The highest BCUT2D eigenvalue weighted by atomic mass is 32.2. The fourth-order valence-corrected chi connectivity index (χ4v) is 3.54. The van der Waals surface area contributed by atoms with Gasteiger partial charge in [-0.25, -0.2) is 13.1 Å². The van der Waals surface area contributed by atoms with Gasteiger partial charge in [0.05, 0.1) is 5.75 Å². The summed E-state index contributed by atoms with van der Waals surface area (Å²) in [5.41, 5.74) is 1.50. The number of rotatable bonds is 7. The molecular formula is C17H27N3O3S. The number of benzene rings is 1. The first-order chi connectivity index (χ1) is 11.4. The minimum absolute atomic E-state index is 0.0523. The van der Waals surface area contributed by atoms with E-state index in [0.29, 0.717) is 11.5 Å². The number of sulfonamides is 1. The highest BCUT2D eigenvalue weighted by Crippen LogP contribution is 2.18. The molecule has 0 spiro atoms. The van der Waals surface area contributed by atoms with Gasteiger partial charge in [-0.1, -0.05) is 12.1 Å². The molecular weight excluding hydrogens is 326 g/mol. The van der Waals surface area contributed by atoms with Gasteiger partial charge in [0.25, 0.3) is 5.91 Å². The molecule has 1 fully saturated rings. The summed E-state index contributed by atoms with van der Waals surface area (Å²) < 4.78 is 25.4. The predicted octanol–water partition coefficient (Wildman–Crippen LogP) is 1.20. The molecule has 1 atom stereocenters. The third-order valence-electron chi connectivity index (χ3n) is 4.38. The molecule has 1 aliphatic rings. The van der Waals surface area contributed by atoms with Gasteiger partial charge in [0.15, 0.2) is 0 Å². The minimum Gasteiger partial charge on any atom is -0.338 e. The van der Waals surface area contributed by atoms with Crippen molar-refractivity contribution in [3.63, 3.8) is 0 Å². The van der Waals surface area contributed by atoms with Crippen LogP contribution in [0, 0.1) is 5.92 Å². The fraction of sp³-hybridized carbons (Fsp3) is 0.588. The van der Waals surface area contributed by atoms with Crippen LogP contribution in [0.1, 0.15) is 35.7 Å². The van der Waals surface area contributed by atoms with Crippen LogP contribution in [0.15, 0.2) is 24.3 Å². The smallest absolute Gasteiger partial charge is 0.253 e. The Kier molecular flexibility index (Phi) is 6.77. The van der Waals surface area contributed by atoms with E-state index < -0.39 is 10.0 Å². The summed E-state index contributed by atoms with van der Waals surface area (Å²) >= 11 is 0. The van der Waals surface area contributed by atoms with E-state index in [4.69, 9.17) is 0 Å². The van der Waals surface area contributed by atoms with Crippen LogP contribution >= 0.6 is 0 Å². The van der Waals surface area contributed by atoms with Gasteiger partial charge in [0, 0.05) is 25.2 Å². The van der Waals surface area contributed by atoms with E-state index in [1.165, 1.54) is 0 Å². The average molecular weight is 353 g/mol. The number of amides is 1. The quantitative estimate of drug-likeness (QED) is 0.772. The van der Waals surface area contributed by atoms with Crippen LogP contribution < -0.4 is 10.0 Å². The molecule has 1 aromatic rings. The van der Waals surface area contributed by atoms with Crippen molar-refractivity contribution in [2.24, 2.45) is 5.92 Å². The number of carbonyl (C=O) groups is 1. The third-order valence-corrected chi connectivity index (χ3v) is 5.72. The lowest BCUT2D eigenvalue weighted by molar-refractivity contribution is 0.0674. The zero-order valence-corrected chi connectivity index (χ0v) is 15.2. The highest BCUT2D eigenvalue weighted by molar-refractivity contribution is 7.89. The Morgan fingerprint density at radius 1 is 1.29 bits per heavy atom. The predicted molar refractivity (Wildman–Crippen MR) is 95.3 cm³/mol. The number of nitrogens with one attached hydrogen (secondary N) is 2. The van der Waals surface area contributed by atoms with Gasteiger partial charge < -0.3 is 10.2 Å². The topological polar surface area (TPSA) is 78.5 Å². The molecule has 1 unspecified atom stereocenters. The van der Waals surface area contributed by atoms with E-state index in [1.54, 1.807) is 31.2 Å². The van der Waals surface area contributed by atoms with Crippen molar-refractivity contribution in [2.45, 2.75) is 26.3 Å². The molecule has 1 amide bonds. The molecule has 2 rings (SSSR count). The van der Waals surface area contributed by atoms with Gasteiger partial charge in [-0.15, -0.1) is 0 Å². The number of nitrogens with zero attached hydrogens (tertiary/aromatic N) is 1. The molecule has 24 heavy (non-hydrogen) atoms. The number of carbonyl (C=O) groups excluding carboxylic acids is 1. The monoisotopic (exact) mass is 353 g/mol. The van der Waals surface area contributed by atoms with Crippen LogP contribution in [0.4, 0.5) is 0 Å². The van der Waals surface area contributed by atoms with Crippen LogP contribution in [-0.4, -0.2) is 51.7 Å². The molecule has 1 heterocycles. The summed E-state index contributed by atoms with van der Waals surface area (Å²) in [7, 11) is -1.27. The SMILES string of the molecule is CCS(=O)(=O)NCc1ccc(C(=O)N2CCCC(CNC)C2)cc1. The molecule has 0 radical (unpaired) electrons. The third kappa shape index (κ3) is 5.29. The van der Waals surface area contributed by atoms with Crippen molar-refractivity contribution in [3.05, 3.63) is 35.4 Å². The van der Waals surface area contributed by atoms with Crippen LogP contribution in [0.2, 0.25) is 0 Å².